The van der Waals surface area contributed by atoms with Gasteiger partial charge >= 0.3 is 0 Å². The van der Waals surface area contributed by atoms with Crippen LogP contribution in [0.1, 0.15) is 5.56 Å². The lowest BCUT2D eigenvalue weighted by atomic mass is 10.3. The fraction of sp³-hybridized carbons (Fsp3) is 0.154. The Balaban J connectivity index is 2.19. The number of nitrogens with zero attached hydrogens (tertiary/aromatic N) is 1. The maximum atomic E-state index is 5.12. The third-order valence-electron chi connectivity index (χ3n) is 2.22. The van der Waals surface area contributed by atoms with Crippen molar-refractivity contribution in [1.82, 2.24) is 4.98 Å². The number of pyridine rings is 1. The molecule has 0 unspecified atom stereocenters. The van der Waals surface area contributed by atoms with Gasteiger partial charge in [-0.3, -0.25) is 0 Å². The molecule has 0 bridgehead atoms. The van der Waals surface area contributed by atoms with E-state index in [2.05, 4.69) is 27.0 Å². The van der Waals surface area contributed by atoms with Crippen molar-refractivity contribution in [3.63, 3.8) is 0 Å². The summed E-state index contributed by atoms with van der Waals surface area (Å²) in [5, 5.41) is 0.973. The van der Waals surface area contributed by atoms with E-state index >= 15 is 0 Å². The molecule has 1 heterocycles. The molecule has 0 aliphatic carbocycles. The maximum Gasteiger partial charge on any atom is 0.118 e. The van der Waals surface area contributed by atoms with Gasteiger partial charge in [0.2, 0.25) is 0 Å². The Bertz CT molecular complexity index is 513. The molecular formula is C13H12BrNOS. The first-order valence-corrected chi connectivity index (χ1v) is 6.74. The lowest BCUT2D eigenvalue weighted by molar-refractivity contribution is 0.414. The van der Waals surface area contributed by atoms with Gasteiger partial charge in [0.05, 0.1) is 11.6 Å². The van der Waals surface area contributed by atoms with Crippen molar-refractivity contribution in [3.05, 3.63) is 46.6 Å². The number of halogens is 1. The smallest absolute Gasteiger partial charge is 0.118 e. The summed E-state index contributed by atoms with van der Waals surface area (Å²) in [6, 6.07) is 10.0. The van der Waals surface area contributed by atoms with Gasteiger partial charge in [0.1, 0.15) is 10.8 Å². The van der Waals surface area contributed by atoms with Gasteiger partial charge in [-0.05, 0) is 58.7 Å². The molecule has 0 N–H and O–H groups in total. The van der Waals surface area contributed by atoms with Crippen LogP contribution in [0.25, 0.3) is 0 Å². The molecule has 0 fully saturated rings. The highest BCUT2D eigenvalue weighted by Crippen LogP contribution is 2.32. The summed E-state index contributed by atoms with van der Waals surface area (Å²) in [7, 11) is 1.67. The summed E-state index contributed by atoms with van der Waals surface area (Å²) >= 11 is 5.15. The van der Waals surface area contributed by atoms with Crippen LogP contribution in [0.3, 0.4) is 0 Å². The van der Waals surface area contributed by atoms with Crippen LogP contribution < -0.4 is 4.74 Å². The van der Waals surface area contributed by atoms with Crippen molar-refractivity contribution in [2.45, 2.75) is 16.8 Å². The van der Waals surface area contributed by atoms with Gasteiger partial charge in [0.15, 0.2) is 0 Å². The SMILES string of the molecule is COc1ccc(Sc2ncc(C)cc2Br)cc1. The molecule has 0 radical (unpaired) electrons. The summed E-state index contributed by atoms with van der Waals surface area (Å²) in [6.07, 6.45) is 1.87. The minimum absolute atomic E-state index is 0.866. The molecular weight excluding hydrogens is 298 g/mol. The van der Waals surface area contributed by atoms with Gasteiger partial charge < -0.3 is 4.74 Å². The van der Waals surface area contributed by atoms with Crippen molar-refractivity contribution in [2.24, 2.45) is 0 Å². The van der Waals surface area contributed by atoms with E-state index in [1.54, 1.807) is 18.9 Å². The molecule has 1 aromatic carbocycles. The zero-order valence-corrected chi connectivity index (χ0v) is 12.0. The van der Waals surface area contributed by atoms with Crippen LogP contribution in [0, 0.1) is 6.92 Å². The second kappa shape index (κ2) is 5.56. The van der Waals surface area contributed by atoms with Crippen LogP contribution >= 0.6 is 27.7 Å². The van der Waals surface area contributed by atoms with Gasteiger partial charge in [-0.2, -0.15) is 0 Å². The van der Waals surface area contributed by atoms with E-state index in [1.807, 2.05) is 37.4 Å². The molecule has 1 aromatic heterocycles. The predicted octanol–water partition coefficient (Wildman–Crippen LogP) is 4.31. The summed E-state index contributed by atoms with van der Waals surface area (Å²) in [5.74, 6) is 0.866. The molecule has 2 aromatic rings. The minimum Gasteiger partial charge on any atom is -0.497 e. The van der Waals surface area contributed by atoms with Crippen LogP contribution in [0.4, 0.5) is 0 Å². The predicted molar refractivity (Wildman–Crippen MR) is 73.8 cm³/mol. The van der Waals surface area contributed by atoms with Gasteiger partial charge in [0, 0.05) is 11.1 Å². The molecule has 0 atom stereocenters. The number of ether oxygens (including phenoxy) is 1. The fourth-order valence-electron chi connectivity index (χ4n) is 1.35. The average Bonchev–Trinajstić information content (AvgIpc) is 2.34. The molecule has 4 heteroatoms. The highest BCUT2D eigenvalue weighted by atomic mass is 79.9. The monoisotopic (exact) mass is 309 g/mol. The van der Waals surface area contributed by atoms with Gasteiger partial charge in [-0.25, -0.2) is 4.98 Å². The summed E-state index contributed by atoms with van der Waals surface area (Å²) in [5.41, 5.74) is 1.15. The molecule has 0 saturated carbocycles. The van der Waals surface area contributed by atoms with E-state index in [-0.39, 0.29) is 0 Å². The number of hydrogen-bond acceptors (Lipinski definition) is 3. The van der Waals surface area contributed by atoms with Crippen LogP contribution in [0.5, 0.6) is 5.75 Å². The second-order valence-corrected chi connectivity index (χ2v) is 5.49. The summed E-state index contributed by atoms with van der Waals surface area (Å²) in [4.78, 5) is 5.54. The van der Waals surface area contributed by atoms with Crippen molar-refractivity contribution in [2.75, 3.05) is 7.11 Å². The van der Waals surface area contributed by atoms with Crippen molar-refractivity contribution >= 4 is 27.7 Å². The molecule has 17 heavy (non-hydrogen) atoms. The van der Waals surface area contributed by atoms with Crippen molar-refractivity contribution in [1.29, 1.82) is 0 Å². The van der Waals surface area contributed by atoms with E-state index in [0.717, 1.165) is 25.7 Å². The zero-order chi connectivity index (χ0) is 12.3. The molecule has 0 saturated heterocycles. The van der Waals surface area contributed by atoms with Gasteiger partial charge in [0.25, 0.3) is 0 Å². The highest BCUT2D eigenvalue weighted by molar-refractivity contribution is 9.10. The third-order valence-corrected chi connectivity index (χ3v) is 4.11. The molecule has 0 amide bonds. The number of aryl methyl sites for hydroxylation is 1. The van der Waals surface area contributed by atoms with Crippen LogP contribution in [-0.2, 0) is 0 Å². The van der Waals surface area contributed by atoms with Crippen LogP contribution in [0.15, 0.2) is 50.9 Å². The van der Waals surface area contributed by atoms with Crippen LogP contribution in [-0.4, -0.2) is 12.1 Å². The van der Waals surface area contributed by atoms with E-state index in [4.69, 9.17) is 4.74 Å². The van der Waals surface area contributed by atoms with E-state index < -0.39 is 0 Å². The maximum absolute atomic E-state index is 5.12. The Morgan fingerprint density at radius 3 is 2.53 bits per heavy atom. The minimum atomic E-state index is 0.866. The number of rotatable bonds is 3. The number of hydrogen-bond donors (Lipinski definition) is 0. The van der Waals surface area contributed by atoms with Crippen molar-refractivity contribution < 1.29 is 4.74 Å². The van der Waals surface area contributed by atoms with Crippen LogP contribution in [0.2, 0.25) is 0 Å². The van der Waals surface area contributed by atoms with E-state index in [9.17, 15) is 0 Å². The number of methoxy groups -OCH3 is 1. The molecule has 0 spiro atoms. The first-order chi connectivity index (χ1) is 8.19. The largest absolute Gasteiger partial charge is 0.497 e. The lowest BCUT2D eigenvalue weighted by Crippen LogP contribution is -1.85. The Hall–Kier alpha value is -1.00. The quantitative estimate of drug-likeness (QED) is 0.843. The molecule has 0 aliphatic heterocycles. The second-order valence-electron chi connectivity index (χ2n) is 3.58. The number of benzene rings is 1. The normalized spacial score (nSPS) is 10.3. The summed E-state index contributed by atoms with van der Waals surface area (Å²) < 4.78 is 6.15. The Morgan fingerprint density at radius 1 is 1.24 bits per heavy atom. The molecule has 88 valence electrons. The topological polar surface area (TPSA) is 22.1 Å². The summed E-state index contributed by atoms with van der Waals surface area (Å²) in [6.45, 7) is 2.03. The first kappa shape index (κ1) is 12.5. The Morgan fingerprint density at radius 2 is 1.94 bits per heavy atom. The highest BCUT2D eigenvalue weighted by Gasteiger charge is 2.04. The van der Waals surface area contributed by atoms with Gasteiger partial charge in [-0.15, -0.1) is 0 Å². The third kappa shape index (κ3) is 3.23. The van der Waals surface area contributed by atoms with Crippen molar-refractivity contribution in [3.8, 4) is 5.75 Å². The number of aromatic nitrogens is 1. The fourth-order valence-corrected chi connectivity index (χ4v) is 2.82. The zero-order valence-electron chi connectivity index (χ0n) is 9.61. The van der Waals surface area contributed by atoms with E-state index in [0.29, 0.717) is 0 Å². The Labute approximate surface area is 114 Å². The first-order valence-electron chi connectivity index (χ1n) is 5.13. The Kier molecular flexibility index (Phi) is 4.07. The standard InChI is InChI=1S/C13H12BrNOS/c1-9-7-12(14)13(15-8-9)17-11-5-3-10(16-2)4-6-11/h3-8H,1-2H3. The average molecular weight is 310 g/mol. The molecule has 2 rings (SSSR count). The van der Waals surface area contributed by atoms with E-state index in [1.165, 1.54) is 0 Å². The van der Waals surface area contributed by atoms with Gasteiger partial charge in [-0.1, -0.05) is 11.8 Å². The molecule has 0 aliphatic rings. The lowest BCUT2D eigenvalue weighted by Gasteiger charge is -2.05. The molecule has 2 nitrogen and oxygen atoms in total.